The molecule has 5 unspecified atom stereocenters. The van der Waals surface area contributed by atoms with Crippen molar-refractivity contribution in [2.45, 2.75) is 334 Å². The molecule has 16 nitrogen and oxygen atoms in total. The van der Waals surface area contributed by atoms with E-state index in [1.54, 1.807) is 0 Å². The summed E-state index contributed by atoms with van der Waals surface area (Å²) in [5.41, 5.74) is 0. The highest BCUT2D eigenvalue weighted by molar-refractivity contribution is 7.47. The Hall–Kier alpha value is -4.57. The fourth-order valence-corrected chi connectivity index (χ4v) is 12.0. The average molecular weight is 1480 g/mol. The summed E-state index contributed by atoms with van der Waals surface area (Å²) in [6.07, 6.45) is 94.6. The van der Waals surface area contributed by atoms with Crippen LogP contribution in [0.5, 0.6) is 0 Å². The van der Waals surface area contributed by atoms with Gasteiger partial charge in [0.25, 0.3) is 0 Å². The largest absolute Gasteiger partial charge is 0.472 e. The van der Waals surface area contributed by atoms with Crippen LogP contribution in [0.15, 0.2) is 146 Å². The topological polar surface area (TPSA) is 231 Å². The lowest BCUT2D eigenvalue weighted by atomic mass is 10.1. The van der Waals surface area contributed by atoms with Gasteiger partial charge in [-0.15, -0.1) is 0 Å². The summed E-state index contributed by atoms with van der Waals surface area (Å²) in [7, 11) is -9.80. The fourth-order valence-electron chi connectivity index (χ4n) is 10.4. The van der Waals surface area contributed by atoms with Crippen LogP contribution in [0.2, 0.25) is 0 Å². The molecule has 0 fully saturated rings. The smallest absolute Gasteiger partial charge is 0.463 e. The Morgan fingerprint density at radius 3 is 0.816 bits per heavy atom. The zero-order valence-electron chi connectivity index (χ0n) is 64.4. The van der Waals surface area contributed by atoms with E-state index in [4.69, 9.17) is 32.3 Å². The SMILES string of the molecule is CC/C=C\C/C=C\C/C=C\C/C=C\C/C=C\C/C=C\CCCCCCCCCCCCC(=O)OCC(O)COP(=O)(O)OCC(O)COP(=O)(O)OCC(COC(=O)CCCCCCCCC/C=C\C/C=C\C/C=C\C/C=C\CCCCC)OC(=O)CCCCCCC/C=C\C/C=C\CCCCC. The molecule has 0 aromatic rings. The number of ether oxygens (including phenoxy) is 3. The first-order chi connectivity index (χ1) is 50.2. The van der Waals surface area contributed by atoms with Gasteiger partial charge in [0, 0.05) is 19.3 Å². The summed E-state index contributed by atoms with van der Waals surface area (Å²) in [6.45, 7) is 2.48. The standard InChI is InChI=1S/C85H144O16P2/c1-4-7-10-13-16-19-22-25-28-30-32-34-36-37-38-39-40-41-43-45-46-48-51-53-56-59-62-65-68-71-83(88)95-74-80(86)75-97-102(91,92)98-76-81(87)77-99-103(93,94)100-79-82(101-85(90)73-70-67-64-61-58-55-50-27-24-21-18-15-12-9-6-3)78-96-84(89)72-69-66-63-60-57-54-52-49-47-44-42-35-33-31-29-26-23-20-17-14-11-8-5-2/h7,10,16-21,25-29,32-35,37-38,40-41,44,47,50,80-82,86-87H,4-6,8-9,11-15,22-24,30-31,36,39,42-43,45-46,48-49,51-79H2,1-3H3,(H,91,92)(H,93,94)/b10-7-,19-16-,20-17-,21-18-,28-25-,29-26-,34-32-,35-33-,38-37-,41-40-,47-44-,50-27-. The molecule has 0 amide bonds. The van der Waals surface area contributed by atoms with Gasteiger partial charge in [-0.25, -0.2) is 9.13 Å². The normalized spacial score (nSPS) is 14.7. The molecule has 0 saturated heterocycles. The minimum atomic E-state index is -4.94. The third-order valence-corrected chi connectivity index (χ3v) is 18.4. The van der Waals surface area contributed by atoms with E-state index in [1.807, 2.05) is 0 Å². The number of phosphoric acid groups is 2. The molecule has 0 saturated carbocycles. The van der Waals surface area contributed by atoms with Crippen molar-refractivity contribution in [2.75, 3.05) is 39.6 Å². The molecule has 0 heterocycles. The lowest BCUT2D eigenvalue weighted by molar-refractivity contribution is -0.161. The van der Waals surface area contributed by atoms with Gasteiger partial charge < -0.3 is 34.2 Å². The average Bonchev–Trinajstić information content (AvgIpc) is 0.915. The van der Waals surface area contributed by atoms with Crippen molar-refractivity contribution in [3.8, 4) is 0 Å². The quantitative estimate of drug-likeness (QED) is 0.0146. The molecular weight excluding hydrogens is 1340 g/mol. The minimum Gasteiger partial charge on any atom is -0.463 e. The highest BCUT2D eigenvalue weighted by atomic mass is 31.2. The molecule has 0 rings (SSSR count). The molecule has 18 heteroatoms. The molecule has 0 aliphatic rings. The molecule has 0 aromatic carbocycles. The maximum Gasteiger partial charge on any atom is 0.472 e. The third-order valence-electron chi connectivity index (χ3n) is 16.5. The number of carbonyl (C=O) groups is 3. The predicted molar refractivity (Wildman–Crippen MR) is 426 cm³/mol. The van der Waals surface area contributed by atoms with Crippen LogP contribution in [0.4, 0.5) is 0 Å². The number of rotatable bonds is 75. The molecule has 0 radical (unpaired) electrons. The summed E-state index contributed by atoms with van der Waals surface area (Å²) in [6, 6.07) is 0. The molecule has 590 valence electrons. The molecule has 4 N–H and O–H groups in total. The van der Waals surface area contributed by atoms with Gasteiger partial charge in [-0.05, 0) is 148 Å². The molecule has 5 atom stereocenters. The molecular formula is C85H144O16P2. The van der Waals surface area contributed by atoms with Crippen molar-refractivity contribution in [1.29, 1.82) is 0 Å². The number of unbranched alkanes of at least 4 members (excludes halogenated alkanes) is 28. The van der Waals surface area contributed by atoms with Crippen LogP contribution >= 0.6 is 15.6 Å². The van der Waals surface area contributed by atoms with Crippen molar-refractivity contribution in [2.24, 2.45) is 0 Å². The number of esters is 3. The van der Waals surface area contributed by atoms with Gasteiger partial charge >= 0.3 is 33.6 Å². The van der Waals surface area contributed by atoms with Gasteiger partial charge in [0.05, 0.1) is 26.4 Å². The first-order valence-corrected chi connectivity index (χ1v) is 43.1. The summed E-state index contributed by atoms with van der Waals surface area (Å²) in [4.78, 5) is 58.7. The van der Waals surface area contributed by atoms with Crippen LogP contribution in [0.3, 0.4) is 0 Å². The Balaban J connectivity index is 4.57. The van der Waals surface area contributed by atoms with Crippen molar-refractivity contribution >= 4 is 33.6 Å². The van der Waals surface area contributed by atoms with Gasteiger partial charge in [-0.1, -0.05) is 295 Å². The Morgan fingerprint density at radius 1 is 0.282 bits per heavy atom. The van der Waals surface area contributed by atoms with Crippen LogP contribution in [0.1, 0.15) is 316 Å². The first-order valence-electron chi connectivity index (χ1n) is 40.1. The Kier molecular flexibility index (Phi) is 73.6. The maximum absolute atomic E-state index is 13.0. The molecule has 0 bridgehead atoms. The van der Waals surface area contributed by atoms with E-state index in [1.165, 1.54) is 77.0 Å². The minimum absolute atomic E-state index is 0.0830. The van der Waals surface area contributed by atoms with E-state index in [0.717, 1.165) is 180 Å². The number of aliphatic hydroxyl groups is 2. The monoisotopic (exact) mass is 1480 g/mol. The van der Waals surface area contributed by atoms with E-state index < -0.39 is 91.5 Å². The second kappa shape index (κ2) is 77.1. The third kappa shape index (κ3) is 78.3. The highest BCUT2D eigenvalue weighted by Gasteiger charge is 2.29. The molecule has 103 heavy (non-hydrogen) atoms. The van der Waals surface area contributed by atoms with E-state index in [0.29, 0.717) is 19.3 Å². The predicted octanol–water partition coefficient (Wildman–Crippen LogP) is 23.7. The molecule has 0 aliphatic heterocycles. The second-order valence-corrected chi connectivity index (χ2v) is 29.4. The van der Waals surface area contributed by atoms with Crippen molar-refractivity contribution in [3.05, 3.63) is 146 Å². The zero-order valence-corrected chi connectivity index (χ0v) is 66.2. The van der Waals surface area contributed by atoms with Crippen LogP contribution in [-0.4, -0.2) is 95.9 Å². The van der Waals surface area contributed by atoms with Gasteiger partial charge in [0.2, 0.25) is 0 Å². The van der Waals surface area contributed by atoms with Gasteiger partial charge in [0.1, 0.15) is 25.4 Å². The van der Waals surface area contributed by atoms with Crippen LogP contribution in [-0.2, 0) is 55.8 Å². The molecule has 0 spiro atoms. The first kappa shape index (κ1) is 98.4. The van der Waals surface area contributed by atoms with E-state index >= 15 is 0 Å². The molecule has 0 aliphatic carbocycles. The summed E-state index contributed by atoms with van der Waals surface area (Å²) in [5.74, 6) is -1.61. The zero-order chi connectivity index (χ0) is 75.2. The van der Waals surface area contributed by atoms with Gasteiger partial charge in [-0.2, -0.15) is 0 Å². The maximum atomic E-state index is 13.0. The Morgan fingerprint density at radius 2 is 0.515 bits per heavy atom. The van der Waals surface area contributed by atoms with E-state index in [9.17, 15) is 43.5 Å². The van der Waals surface area contributed by atoms with E-state index in [-0.39, 0.29) is 19.3 Å². The number of aliphatic hydroxyl groups excluding tert-OH is 2. The van der Waals surface area contributed by atoms with Crippen LogP contribution < -0.4 is 0 Å². The number of phosphoric ester groups is 2. The van der Waals surface area contributed by atoms with Crippen molar-refractivity contribution in [1.82, 2.24) is 0 Å². The second-order valence-electron chi connectivity index (χ2n) is 26.5. The van der Waals surface area contributed by atoms with Gasteiger partial charge in [0.15, 0.2) is 6.10 Å². The van der Waals surface area contributed by atoms with Crippen LogP contribution in [0, 0.1) is 0 Å². The lowest BCUT2D eigenvalue weighted by Crippen LogP contribution is -2.30. The van der Waals surface area contributed by atoms with E-state index in [2.05, 4.69) is 167 Å². The fraction of sp³-hybridized carbons (Fsp3) is 0.682. The lowest BCUT2D eigenvalue weighted by Gasteiger charge is -2.21. The highest BCUT2D eigenvalue weighted by Crippen LogP contribution is 2.45. The Labute approximate surface area is 626 Å². The summed E-state index contributed by atoms with van der Waals surface area (Å²) < 4.78 is 61.2. The molecule has 0 aromatic heterocycles. The summed E-state index contributed by atoms with van der Waals surface area (Å²) in [5, 5.41) is 20.6. The summed E-state index contributed by atoms with van der Waals surface area (Å²) >= 11 is 0. The van der Waals surface area contributed by atoms with Crippen molar-refractivity contribution in [3.63, 3.8) is 0 Å². The van der Waals surface area contributed by atoms with Crippen molar-refractivity contribution < 1.29 is 75.8 Å². The number of carbonyl (C=O) groups excluding carboxylic acids is 3. The number of allylic oxidation sites excluding steroid dienone is 24. The number of hydrogen-bond donors (Lipinski definition) is 4. The van der Waals surface area contributed by atoms with Gasteiger partial charge in [-0.3, -0.25) is 32.5 Å². The Bertz CT molecular complexity index is 2450. The number of hydrogen-bond acceptors (Lipinski definition) is 14. The van der Waals surface area contributed by atoms with Crippen LogP contribution in [0.25, 0.3) is 0 Å².